The highest BCUT2D eigenvalue weighted by atomic mass is 16.3. The molecule has 3 nitrogen and oxygen atoms in total. The molecule has 0 aliphatic heterocycles. The predicted octanol–water partition coefficient (Wildman–Crippen LogP) is 0.931. The highest BCUT2D eigenvalue weighted by Gasteiger charge is 2.06. The Labute approximate surface area is 76.4 Å². The van der Waals surface area contributed by atoms with Crippen LogP contribution in [0.15, 0.2) is 36.7 Å². The first-order valence-electron chi connectivity index (χ1n) is 4.26. The minimum absolute atomic E-state index is 0.261. The van der Waals surface area contributed by atoms with Crippen molar-refractivity contribution in [3.05, 3.63) is 42.2 Å². The van der Waals surface area contributed by atoms with Crippen LogP contribution in [0.25, 0.3) is 5.52 Å². The summed E-state index contributed by atoms with van der Waals surface area (Å²) in [6.45, 7) is 0.261. The average Bonchev–Trinajstić information content (AvgIpc) is 2.59. The molecular weight excluding hydrogens is 164 g/mol. The van der Waals surface area contributed by atoms with Crippen LogP contribution in [0.4, 0.5) is 0 Å². The van der Waals surface area contributed by atoms with Crippen molar-refractivity contribution in [1.82, 2.24) is 4.40 Å². The van der Waals surface area contributed by atoms with Crippen LogP contribution in [0.1, 0.15) is 11.7 Å². The number of pyridine rings is 1. The summed E-state index contributed by atoms with van der Waals surface area (Å²) in [5.74, 6) is 0. The molecule has 13 heavy (non-hydrogen) atoms. The molecule has 2 aromatic heterocycles. The van der Waals surface area contributed by atoms with Crippen LogP contribution < -0.4 is 5.73 Å². The maximum absolute atomic E-state index is 9.49. The summed E-state index contributed by atoms with van der Waals surface area (Å²) < 4.78 is 1.97. The number of aromatic nitrogens is 1. The third-order valence-electron chi connectivity index (χ3n) is 2.13. The molecule has 1 atom stereocenters. The van der Waals surface area contributed by atoms with Gasteiger partial charge in [-0.05, 0) is 18.2 Å². The molecule has 68 valence electrons. The Bertz CT molecular complexity index is 375. The van der Waals surface area contributed by atoms with Gasteiger partial charge in [-0.15, -0.1) is 0 Å². The van der Waals surface area contributed by atoms with E-state index in [0.717, 1.165) is 11.1 Å². The van der Waals surface area contributed by atoms with Crippen molar-refractivity contribution in [3.8, 4) is 0 Å². The molecule has 3 N–H and O–H groups in total. The molecule has 0 saturated heterocycles. The van der Waals surface area contributed by atoms with Gasteiger partial charge < -0.3 is 15.2 Å². The van der Waals surface area contributed by atoms with Crippen molar-refractivity contribution in [3.63, 3.8) is 0 Å². The summed E-state index contributed by atoms with van der Waals surface area (Å²) in [7, 11) is 0. The molecular formula is C10H12N2O. The molecule has 0 spiro atoms. The zero-order chi connectivity index (χ0) is 9.26. The van der Waals surface area contributed by atoms with Crippen LogP contribution in [0.3, 0.4) is 0 Å². The van der Waals surface area contributed by atoms with E-state index < -0.39 is 6.10 Å². The van der Waals surface area contributed by atoms with Crippen LogP contribution in [0.2, 0.25) is 0 Å². The minimum Gasteiger partial charge on any atom is -0.387 e. The molecule has 0 aliphatic carbocycles. The number of rotatable bonds is 2. The SMILES string of the molecule is NCC(O)c1cc2ccccn2c1. The minimum atomic E-state index is -0.556. The van der Waals surface area contributed by atoms with E-state index in [-0.39, 0.29) is 6.54 Å². The molecule has 0 fully saturated rings. The number of hydrogen-bond donors (Lipinski definition) is 2. The second kappa shape index (κ2) is 3.20. The number of nitrogens with two attached hydrogens (primary N) is 1. The fraction of sp³-hybridized carbons (Fsp3) is 0.200. The Hall–Kier alpha value is -1.32. The van der Waals surface area contributed by atoms with Gasteiger partial charge in [0.25, 0.3) is 0 Å². The maximum Gasteiger partial charge on any atom is 0.0927 e. The van der Waals surface area contributed by atoms with Crippen molar-refractivity contribution in [2.45, 2.75) is 6.10 Å². The van der Waals surface area contributed by atoms with Gasteiger partial charge in [-0.1, -0.05) is 6.07 Å². The van der Waals surface area contributed by atoms with Crippen LogP contribution >= 0.6 is 0 Å². The van der Waals surface area contributed by atoms with E-state index in [1.807, 2.05) is 41.1 Å². The summed E-state index contributed by atoms with van der Waals surface area (Å²) in [4.78, 5) is 0. The van der Waals surface area contributed by atoms with Gasteiger partial charge in [0.2, 0.25) is 0 Å². The highest BCUT2D eigenvalue weighted by molar-refractivity contribution is 5.50. The van der Waals surface area contributed by atoms with Gasteiger partial charge in [0.1, 0.15) is 0 Å². The number of hydrogen-bond acceptors (Lipinski definition) is 2. The maximum atomic E-state index is 9.49. The molecule has 2 rings (SSSR count). The summed E-state index contributed by atoms with van der Waals surface area (Å²) in [5, 5.41) is 9.49. The van der Waals surface area contributed by atoms with E-state index in [1.54, 1.807) is 0 Å². The summed E-state index contributed by atoms with van der Waals surface area (Å²) in [6.07, 6.45) is 3.29. The lowest BCUT2D eigenvalue weighted by Crippen LogP contribution is -2.10. The number of aliphatic hydroxyl groups excluding tert-OH is 1. The van der Waals surface area contributed by atoms with E-state index in [0.29, 0.717) is 0 Å². The lowest BCUT2D eigenvalue weighted by molar-refractivity contribution is 0.187. The van der Waals surface area contributed by atoms with E-state index >= 15 is 0 Å². The monoisotopic (exact) mass is 176 g/mol. The van der Waals surface area contributed by atoms with Crippen molar-refractivity contribution in [2.75, 3.05) is 6.54 Å². The zero-order valence-electron chi connectivity index (χ0n) is 7.22. The molecule has 1 unspecified atom stereocenters. The molecule has 2 heterocycles. The van der Waals surface area contributed by atoms with Gasteiger partial charge in [0.15, 0.2) is 0 Å². The van der Waals surface area contributed by atoms with Crippen molar-refractivity contribution >= 4 is 5.52 Å². The normalized spacial score (nSPS) is 13.4. The highest BCUT2D eigenvalue weighted by Crippen LogP contribution is 2.15. The molecule has 0 saturated carbocycles. The smallest absolute Gasteiger partial charge is 0.0927 e. The van der Waals surface area contributed by atoms with Crippen LogP contribution in [-0.2, 0) is 0 Å². The average molecular weight is 176 g/mol. The van der Waals surface area contributed by atoms with Crippen LogP contribution in [0.5, 0.6) is 0 Å². The fourth-order valence-corrected chi connectivity index (χ4v) is 1.40. The van der Waals surface area contributed by atoms with Gasteiger partial charge in [-0.2, -0.15) is 0 Å². The lowest BCUT2D eigenvalue weighted by atomic mass is 10.2. The molecule has 0 bridgehead atoms. The van der Waals surface area contributed by atoms with Gasteiger partial charge >= 0.3 is 0 Å². The second-order valence-electron chi connectivity index (χ2n) is 3.06. The first kappa shape index (κ1) is 8.29. The fourth-order valence-electron chi connectivity index (χ4n) is 1.40. The van der Waals surface area contributed by atoms with Crippen LogP contribution in [0, 0.1) is 0 Å². The lowest BCUT2D eigenvalue weighted by Gasteiger charge is -2.02. The zero-order valence-corrected chi connectivity index (χ0v) is 7.22. The van der Waals surface area contributed by atoms with E-state index in [4.69, 9.17) is 5.73 Å². The number of aliphatic hydroxyl groups is 1. The standard InChI is InChI=1S/C10H12N2O/c11-6-10(13)8-5-9-3-1-2-4-12(9)7-8/h1-5,7,10,13H,6,11H2. The molecule has 2 aromatic rings. The first-order valence-corrected chi connectivity index (χ1v) is 4.26. The molecule has 0 aromatic carbocycles. The summed E-state index contributed by atoms with van der Waals surface area (Å²) in [6, 6.07) is 7.85. The van der Waals surface area contributed by atoms with Gasteiger partial charge in [-0.3, -0.25) is 0 Å². The number of fused-ring (bicyclic) bond motifs is 1. The first-order chi connectivity index (χ1) is 6.31. The van der Waals surface area contributed by atoms with E-state index in [9.17, 15) is 5.11 Å². The Morgan fingerprint density at radius 1 is 1.46 bits per heavy atom. The Morgan fingerprint density at radius 3 is 3.00 bits per heavy atom. The Balaban J connectivity index is 2.49. The molecule has 0 amide bonds. The Morgan fingerprint density at radius 2 is 2.31 bits per heavy atom. The second-order valence-corrected chi connectivity index (χ2v) is 3.06. The third-order valence-corrected chi connectivity index (χ3v) is 2.13. The summed E-state index contributed by atoms with van der Waals surface area (Å²) >= 11 is 0. The van der Waals surface area contributed by atoms with Crippen LogP contribution in [-0.4, -0.2) is 16.1 Å². The quantitative estimate of drug-likeness (QED) is 0.715. The van der Waals surface area contributed by atoms with Gasteiger partial charge in [-0.25, -0.2) is 0 Å². The topological polar surface area (TPSA) is 50.7 Å². The van der Waals surface area contributed by atoms with Crippen molar-refractivity contribution < 1.29 is 5.11 Å². The van der Waals surface area contributed by atoms with Crippen molar-refractivity contribution in [1.29, 1.82) is 0 Å². The third kappa shape index (κ3) is 1.43. The molecule has 0 aliphatic rings. The predicted molar refractivity (Wildman–Crippen MR) is 51.4 cm³/mol. The van der Waals surface area contributed by atoms with E-state index in [2.05, 4.69) is 0 Å². The van der Waals surface area contributed by atoms with E-state index in [1.165, 1.54) is 0 Å². The van der Waals surface area contributed by atoms with Gasteiger partial charge in [0, 0.05) is 30.0 Å². The molecule has 0 radical (unpaired) electrons. The Kier molecular flexibility index (Phi) is 2.04. The largest absolute Gasteiger partial charge is 0.387 e. The number of nitrogens with zero attached hydrogens (tertiary/aromatic N) is 1. The van der Waals surface area contributed by atoms with Gasteiger partial charge in [0.05, 0.1) is 6.10 Å². The summed E-state index contributed by atoms with van der Waals surface area (Å²) in [5.41, 5.74) is 7.31. The molecule has 3 heteroatoms. The van der Waals surface area contributed by atoms with Crippen molar-refractivity contribution in [2.24, 2.45) is 5.73 Å².